The maximum atomic E-state index is 10.2. The van der Waals surface area contributed by atoms with Crippen LogP contribution in [0.5, 0.6) is 0 Å². The molecule has 1 unspecified atom stereocenters. The first-order valence-corrected chi connectivity index (χ1v) is 5.92. The number of rotatable bonds is 2. The van der Waals surface area contributed by atoms with Crippen LogP contribution in [0.1, 0.15) is 44.9 Å². The molecule has 0 radical (unpaired) electrons. The summed E-state index contributed by atoms with van der Waals surface area (Å²) < 4.78 is 0. The molecule has 0 saturated heterocycles. The van der Waals surface area contributed by atoms with E-state index in [1.807, 2.05) is 0 Å². The molecular formula is C13H20O. The van der Waals surface area contributed by atoms with E-state index >= 15 is 0 Å². The van der Waals surface area contributed by atoms with Gasteiger partial charge < -0.3 is 5.11 Å². The predicted molar refractivity (Wildman–Crippen MR) is 59.0 cm³/mol. The lowest BCUT2D eigenvalue weighted by atomic mass is 9.81. The molecule has 78 valence electrons. The van der Waals surface area contributed by atoms with Gasteiger partial charge in [-0.2, -0.15) is 0 Å². The first-order chi connectivity index (χ1) is 6.88. The van der Waals surface area contributed by atoms with Crippen LogP contribution in [0.2, 0.25) is 0 Å². The number of aliphatic hydroxyl groups excluding tert-OH is 1. The van der Waals surface area contributed by atoms with Crippen molar-refractivity contribution in [3.63, 3.8) is 0 Å². The molecule has 1 atom stereocenters. The van der Waals surface area contributed by atoms with Gasteiger partial charge in [0, 0.05) is 0 Å². The smallest absolute Gasteiger partial charge is 0.0815 e. The van der Waals surface area contributed by atoms with Crippen molar-refractivity contribution in [3.05, 3.63) is 23.8 Å². The molecule has 0 aromatic rings. The standard InChI is InChI=1S/C13H20O/c14-13(11-7-3-1-4-8-11)12-9-5-2-6-10-12/h3,7-8,12-14H,1-2,4-6,9-10H2. The molecule has 0 amide bonds. The third-order valence-electron chi connectivity index (χ3n) is 3.46. The third-order valence-corrected chi connectivity index (χ3v) is 3.46. The second-order valence-electron chi connectivity index (χ2n) is 4.53. The average molecular weight is 192 g/mol. The Kier molecular flexibility index (Phi) is 3.41. The minimum atomic E-state index is -0.188. The van der Waals surface area contributed by atoms with Gasteiger partial charge in [-0.3, -0.25) is 0 Å². The summed E-state index contributed by atoms with van der Waals surface area (Å²) in [5.74, 6) is 0.526. The summed E-state index contributed by atoms with van der Waals surface area (Å²) in [6, 6.07) is 0. The van der Waals surface area contributed by atoms with Crippen molar-refractivity contribution in [1.29, 1.82) is 0 Å². The van der Waals surface area contributed by atoms with Crippen molar-refractivity contribution in [2.75, 3.05) is 0 Å². The molecule has 1 nitrogen and oxygen atoms in total. The Bertz CT molecular complexity index is 234. The molecule has 1 N–H and O–H groups in total. The Morgan fingerprint density at radius 2 is 1.93 bits per heavy atom. The van der Waals surface area contributed by atoms with E-state index in [0.717, 1.165) is 12.8 Å². The monoisotopic (exact) mass is 192 g/mol. The molecule has 1 saturated carbocycles. The molecule has 14 heavy (non-hydrogen) atoms. The maximum absolute atomic E-state index is 10.2. The molecule has 2 aliphatic rings. The van der Waals surface area contributed by atoms with Crippen LogP contribution in [0, 0.1) is 5.92 Å². The summed E-state index contributed by atoms with van der Waals surface area (Å²) in [5.41, 5.74) is 1.17. The predicted octanol–water partition coefficient (Wildman–Crippen LogP) is 3.20. The maximum Gasteiger partial charge on any atom is 0.0815 e. The summed E-state index contributed by atoms with van der Waals surface area (Å²) >= 11 is 0. The van der Waals surface area contributed by atoms with E-state index in [1.165, 1.54) is 37.7 Å². The fourth-order valence-electron chi connectivity index (χ4n) is 2.58. The van der Waals surface area contributed by atoms with Gasteiger partial charge in [0.2, 0.25) is 0 Å². The number of allylic oxidation sites excluding steroid dienone is 2. The Labute approximate surface area is 86.5 Å². The molecule has 0 aromatic carbocycles. The van der Waals surface area contributed by atoms with Crippen molar-refractivity contribution in [2.24, 2.45) is 5.92 Å². The zero-order valence-electron chi connectivity index (χ0n) is 8.78. The highest BCUT2D eigenvalue weighted by molar-refractivity contribution is 5.26. The second-order valence-corrected chi connectivity index (χ2v) is 4.53. The molecule has 0 heterocycles. The van der Waals surface area contributed by atoms with Crippen LogP contribution in [-0.2, 0) is 0 Å². The fraction of sp³-hybridized carbons (Fsp3) is 0.692. The topological polar surface area (TPSA) is 20.2 Å². The van der Waals surface area contributed by atoms with Gasteiger partial charge in [-0.25, -0.2) is 0 Å². The highest BCUT2D eigenvalue weighted by Crippen LogP contribution is 2.30. The molecule has 0 aromatic heterocycles. The van der Waals surface area contributed by atoms with Gasteiger partial charge in [-0.15, -0.1) is 0 Å². The average Bonchev–Trinajstić information content (AvgIpc) is 2.30. The van der Waals surface area contributed by atoms with Gasteiger partial charge in [0.1, 0.15) is 0 Å². The molecule has 0 aliphatic heterocycles. The molecule has 2 aliphatic carbocycles. The summed E-state index contributed by atoms with van der Waals surface area (Å²) in [5, 5.41) is 10.2. The minimum absolute atomic E-state index is 0.188. The molecule has 2 rings (SSSR count). The van der Waals surface area contributed by atoms with Crippen molar-refractivity contribution < 1.29 is 5.11 Å². The van der Waals surface area contributed by atoms with E-state index in [2.05, 4.69) is 18.2 Å². The molecule has 0 spiro atoms. The van der Waals surface area contributed by atoms with Crippen LogP contribution in [0.3, 0.4) is 0 Å². The summed E-state index contributed by atoms with van der Waals surface area (Å²) in [6.07, 6.45) is 15.0. The van der Waals surface area contributed by atoms with Gasteiger partial charge in [-0.05, 0) is 37.2 Å². The van der Waals surface area contributed by atoms with E-state index in [4.69, 9.17) is 0 Å². The van der Waals surface area contributed by atoms with E-state index in [0.29, 0.717) is 5.92 Å². The fourth-order valence-corrected chi connectivity index (χ4v) is 2.58. The Hall–Kier alpha value is -0.560. The second kappa shape index (κ2) is 4.79. The summed E-state index contributed by atoms with van der Waals surface area (Å²) in [6.45, 7) is 0. The lowest BCUT2D eigenvalue weighted by Gasteiger charge is -2.28. The van der Waals surface area contributed by atoms with Crippen molar-refractivity contribution in [3.8, 4) is 0 Å². The van der Waals surface area contributed by atoms with Crippen molar-refractivity contribution in [1.82, 2.24) is 0 Å². The van der Waals surface area contributed by atoms with Crippen LogP contribution in [0.4, 0.5) is 0 Å². The van der Waals surface area contributed by atoms with E-state index in [-0.39, 0.29) is 6.10 Å². The first kappa shape index (κ1) is 9.97. The van der Waals surface area contributed by atoms with Gasteiger partial charge in [-0.1, -0.05) is 37.5 Å². The van der Waals surface area contributed by atoms with Gasteiger partial charge in [0.05, 0.1) is 6.10 Å². The Morgan fingerprint density at radius 3 is 2.57 bits per heavy atom. The van der Waals surface area contributed by atoms with Crippen molar-refractivity contribution in [2.45, 2.75) is 51.0 Å². The molecular weight excluding hydrogens is 172 g/mol. The van der Waals surface area contributed by atoms with Crippen molar-refractivity contribution >= 4 is 0 Å². The quantitative estimate of drug-likeness (QED) is 0.712. The number of aliphatic hydroxyl groups is 1. The Morgan fingerprint density at radius 1 is 1.14 bits per heavy atom. The number of hydrogen-bond donors (Lipinski definition) is 1. The Balaban J connectivity index is 1.95. The summed E-state index contributed by atoms with van der Waals surface area (Å²) in [4.78, 5) is 0. The minimum Gasteiger partial charge on any atom is -0.388 e. The van der Waals surface area contributed by atoms with Crippen LogP contribution in [0.25, 0.3) is 0 Å². The van der Waals surface area contributed by atoms with E-state index < -0.39 is 0 Å². The molecule has 1 heteroatoms. The van der Waals surface area contributed by atoms with E-state index in [1.54, 1.807) is 0 Å². The van der Waals surface area contributed by atoms with E-state index in [9.17, 15) is 5.11 Å². The first-order valence-electron chi connectivity index (χ1n) is 5.92. The SMILES string of the molecule is OC(C1=CCCC=C1)C1CCCCC1. The molecule has 1 fully saturated rings. The lowest BCUT2D eigenvalue weighted by Crippen LogP contribution is -2.24. The van der Waals surface area contributed by atoms with Crippen LogP contribution in [-0.4, -0.2) is 11.2 Å². The highest BCUT2D eigenvalue weighted by atomic mass is 16.3. The van der Waals surface area contributed by atoms with Crippen LogP contribution >= 0.6 is 0 Å². The normalized spacial score (nSPS) is 25.9. The number of hydrogen-bond acceptors (Lipinski definition) is 1. The molecule has 0 bridgehead atoms. The zero-order valence-corrected chi connectivity index (χ0v) is 8.78. The van der Waals surface area contributed by atoms with Gasteiger partial charge >= 0.3 is 0 Å². The zero-order chi connectivity index (χ0) is 9.80. The van der Waals surface area contributed by atoms with Crippen LogP contribution in [0.15, 0.2) is 23.8 Å². The van der Waals surface area contributed by atoms with Gasteiger partial charge in [0.15, 0.2) is 0 Å². The third kappa shape index (κ3) is 2.27. The largest absolute Gasteiger partial charge is 0.388 e. The van der Waals surface area contributed by atoms with Crippen LogP contribution < -0.4 is 0 Å². The summed E-state index contributed by atoms with van der Waals surface area (Å²) in [7, 11) is 0. The highest BCUT2D eigenvalue weighted by Gasteiger charge is 2.23. The lowest BCUT2D eigenvalue weighted by molar-refractivity contribution is 0.117. The van der Waals surface area contributed by atoms with Gasteiger partial charge in [0.25, 0.3) is 0 Å².